The predicted octanol–water partition coefficient (Wildman–Crippen LogP) is 3.82. The monoisotopic (exact) mass is 385 g/mol. The van der Waals surface area contributed by atoms with Crippen molar-refractivity contribution in [2.45, 2.75) is 33.1 Å². The van der Waals surface area contributed by atoms with Gasteiger partial charge in [-0.15, -0.1) is 22.7 Å². The van der Waals surface area contributed by atoms with Crippen molar-refractivity contribution in [1.29, 1.82) is 0 Å². The average molecular weight is 386 g/mol. The summed E-state index contributed by atoms with van der Waals surface area (Å²) in [6.07, 6.45) is 4.48. The van der Waals surface area contributed by atoms with Crippen LogP contribution in [-0.2, 0) is 30.9 Å². The summed E-state index contributed by atoms with van der Waals surface area (Å²) in [6, 6.07) is 6.10. The zero-order valence-corrected chi connectivity index (χ0v) is 16.1. The van der Waals surface area contributed by atoms with Crippen molar-refractivity contribution in [2.75, 3.05) is 6.54 Å². The lowest BCUT2D eigenvalue weighted by Crippen LogP contribution is -2.35. The van der Waals surface area contributed by atoms with E-state index in [1.807, 2.05) is 35.5 Å². The minimum Gasteiger partial charge on any atom is -0.371 e. The number of fused-ring (bicyclic) bond motifs is 1. The third kappa shape index (κ3) is 3.85. The van der Waals surface area contributed by atoms with Gasteiger partial charge in [-0.25, -0.2) is 4.98 Å². The Morgan fingerprint density at radius 1 is 1.38 bits per heavy atom. The van der Waals surface area contributed by atoms with Gasteiger partial charge in [-0.1, -0.05) is 6.07 Å². The van der Waals surface area contributed by atoms with Gasteiger partial charge in [0.05, 0.1) is 18.2 Å². The molecule has 26 heavy (non-hydrogen) atoms. The zero-order chi connectivity index (χ0) is 17.9. The molecule has 0 aromatic carbocycles. The van der Waals surface area contributed by atoms with Gasteiger partial charge >= 0.3 is 0 Å². The van der Waals surface area contributed by atoms with Crippen LogP contribution in [0.15, 0.2) is 36.0 Å². The number of amides is 1. The van der Waals surface area contributed by atoms with Crippen molar-refractivity contribution >= 4 is 28.6 Å². The molecule has 1 aliphatic rings. The topological polar surface area (TPSA) is 55.3 Å². The largest absolute Gasteiger partial charge is 0.371 e. The Hall–Kier alpha value is -2.09. The van der Waals surface area contributed by atoms with Crippen LogP contribution >= 0.6 is 22.7 Å². The molecule has 134 valence electrons. The van der Waals surface area contributed by atoms with E-state index in [0.717, 1.165) is 23.5 Å². The van der Waals surface area contributed by atoms with Crippen LogP contribution in [0.25, 0.3) is 0 Å². The standard InChI is InChI=1S/C19H19N3O2S2/c1-13-21-17(12-25-13)19(23)22-6-4-18-15(9-22)7-16(26-18)11-24-10-14-3-2-5-20-8-14/h2-3,5,7-8,12H,4,6,9-11H2,1H3. The second kappa shape index (κ2) is 7.65. The number of carbonyl (C=O) groups is 1. The van der Waals surface area contributed by atoms with Crippen molar-refractivity contribution < 1.29 is 9.53 Å². The number of hydrogen-bond acceptors (Lipinski definition) is 6. The van der Waals surface area contributed by atoms with E-state index in [0.29, 0.717) is 25.5 Å². The lowest BCUT2D eigenvalue weighted by atomic mass is 10.1. The summed E-state index contributed by atoms with van der Waals surface area (Å²) >= 11 is 3.31. The molecule has 1 aliphatic heterocycles. The van der Waals surface area contributed by atoms with E-state index in [-0.39, 0.29) is 5.91 Å². The fraction of sp³-hybridized carbons (Fsp3) is 0.316. The van der Waals surface area contributed by atoms with Gasteiger partial charge < -0.3 is 9.64 Å². The molecule has 0 unspecified atom stereocenters. The molecule has 3 aromatic rings. The van der Waals surface area contributed by atoms with Crippen molar-refractivity contribution in [3.8, 4) is 0 Å². The number of aryl methyl sites for hydroxylation is 1. The summed E-state index contributed by atoms with van der Waals surface area (Å²) in [5, 5.41) is 2.77. The molecule has 0 saturated carbocycles. The summed E-state index contributed by atoms with van der Waals surface area (Å²) < 4.78 is 5.81. The molecule has 0 aliphatic carbocycles. The third-order valence-corrected chi connectivity index (χ3v) is 6.26. The second-order valence-electron chi connectivity index (χ2n) is 6.24. The highest BCUT2D eigenvalue weighted by molar-refractivity contribution is 7.12. The number of ether oxygens (including phenoxy) is 1. The first-order valence-electron chi connectivity index (χ1n) is 8.47. The molecule has 0 N–H and O–H groups in total. The molecule has 1 amide bonds. The lowest BCUT2D eigenvalue weighted by Gasteiger charge is -2.26. The van der Waals surface area contributed by atoms with Gasteiger partial charge in [0.2, 0.25) is 0 Å². The highest BCUT2D eigenvalue weighted by atomic mass is 32.1. The van der Waals surface area contributed by atoms with Crippen LogP contribution in [0.3, 0.4) is 0 Å². The van der Waals surface area contributed by atoms with Crippen LogP contribution in [0.5, 0.6) is 0 Å². The van der Waals surface area contributed by atoms with Crippen LogP contribution in [-0.4, -0.2) is 27.3 Å². The molecule has 7 heteroatoms. The maximum Gasteiger partial charge on any atom is 0.273 e. The molecular formula is C19H19N3O2S2. The van der Waals surface area contributed by atoms with Crippen LogP contribution < -0.4 is 0 Å². The van der Waals surface area contributed by atoms with Crippen molar-refractivity contribution in [3.63, 3.8) is 0 Å². The summed E-state index contributed by atoms with van der Waals surface area (Å²) in [4.78, 5) is 25.5. The zero-order valence-electron chi connectivity index (χ0n) is 14.5. The number of thiazole rings is 1. The van der Waals surface area contributed by atoms with Crippen molar-refractivity contribution in [2.24, 2.45) is 0 Å². The van der Waals surface area contributed by atoms with Crippen LogP contribution in [0.4, 0.5) is 0 Å². The summed E-state index contributed by atoms with van der Waals surface area (Å²) in [7, 11) is 0. The average Bonchev–Trinajstić information content (AvgIpc) is 3.27. The summed E-state index contributed by atoms with van der Waals surface area (Å²) in [5.41, 5.74) is 2.87. The Morgan fingerprint density at radius 3 is 3.08 bits per heavy atom. The van der Waals surface area contributed by atoms with Gasteiger partial charge in [0.15, 0.2) is 0 Å². The predicted molar refractivity (Wildman–Crippen MR) is 102 cm³/mol. The van der Waals surface area contributed by atoms with E-state index in [1.54, 1.807) is 17.5 Å². The number of thiophene rings is 1. The number of hydrogen-bond donors (Lipinski definition) is 0. The molecule has 3 aromatic heterocycles. The minimum atomic E-state index is 0.0283. The summed E-state index contributed by atoms with van der Waals surface area (Å²) in [5.74, 6) is 0.0283. The summed E-state index contributed by atoms with van der Waals surface area (Å²) in [6.45, 7) is 4.48. The van der Waals surface area contributed by atoms with Gasteiger partial charge in [0.25, 0.3) is 5.91 Å². The van der Waals surface area contributed by atoms with Crippen LogP contribution in [0, 0.1) is 6.92 Å². The molecule has 0 atom stereocenters. The molecule has 5 nitrogen and oxygen atoms in total. The first-order valence-corrected chi connectivity index (χ1v) is 10.2. The van der Waals surface area contributed by atoms with Gasteiger partial charge in [-0.05, 0) is 36.6 Å². The van der Waals surface area contributed by atoms with Crippen molar-refractivity contribution in [3.05, 3.63) is 67.6 Å². The number of rotatable bonds is 5. The van der Waals surface area contributed by atoms with E-state index in [9.17, 15) is 4.79 Å². The first-order chi connectivity index (χ1) is 12.7. The molecule has 0 radical (unpaired) electrons. The Morgan fingerprint density at radius 2 is 2.31 bits per heavy atom. The van der Waals surface area contributed by atoms with E-state index in [1.165, 1.54) is 26.7 Å². The fourth-order valence-electron chi connectivity index (χ4n) is 3.02. The van der Waals surface area contributed by atoms with Crippen molar-refractivity contribution in [1.82, 2.24) is 14.9 Å². The highest BCUT2D eigenvalue weighted by Crippen LogP contribution is 2.29. The fourth-order valence-corrected chi connectivity index (χ4v) is 4.71. The Bertz CT molecular complexity index is 905. The molecule has 0 spiro atoms. The number of pyridine rings is 1. The van der Waals surface area contributed by atoms with Gasteiger partial charge in [-0.2, -0.15) is 0 Å². The Labute approximate surface area is 160 Å². The number of aromatic nitrogens is 2. The number of nitrogens with zero attached hydrogens (tertiary/aromatic N) is 3. The second-order valence-corrected chi connectivity index (χ2v) is 8.53. The highest BCUT2D eigenvalue weighted by Gasteiger charge is 2.25. The van der Waals surface area contributed by atoms with E-state index in [4.69, 9.17) is 4.74 Å². The molecular weight excluding hydrogens is 366 g/mol. The third-order valence-electron chi connectivity index (χ3n) is 4.28. The molecule has 4 heterocycles. The van der Waals surface area contributed by atoms with Crippen LogP contribution in [0.2, 0.25) is 0 Å². The SMILES string of the molecule is Cc1nc(C(=O)N2CCc3sc(COCc4cccnc4)cc3C2)cs1. The van der Waals surface area contributed by atoms with Gasteiger partial charge in [-0.3, -0.25) is 9.78 Å². The maximum absolute atomic E-state index is 12.6. The minimum absolute atomic E-state index is 0.0283. The van der Waals surface area contributed by atoms with Crippen LogP contribution in [0.1, 0.15) is 36.4 Å². The number of carbonyl (C=O) groups excluding carboxylic acids is 1. The lowest BCUT2D eigenvalue weighted by molar-refractivity contribution is 0.0730. The maximum atomic E-state index is 12.6. The Balaban J connectivity index is 1.37. The van der Waals surface area contributed by atoms with E-state index in [2.05, 4.69) is 16.0 Å². The first kappa shape index (κ1) is 17.3. The van der Waals surface area contributed by atoms with Gasteiger partial charge in [0.1, 0.15) is 5.69 Å². The quantitative estimate of drug-likeness (QED) is 0.670. The molecule has 0 fully saturated rings. The molecule has 0 bridgehead atoms. The van der Waals surface area contributed by atoms with Gasteiger partial charge in [0, 0.05) is 40.6 Å². The van der Waals surface area contributed by atoms with E-state index < -0.39 is 0 Å². The Kier molecular flexibility index (Phi) is 5.10. The molecule has 4 rings (SSSR count). The normalized spacial score (nSPS) is 13.7. The van der Waals surface area contributed by atoms with E-state index >= 15 is 0 Å². The molecule has 0 saturated heterocycles. The smallest absolute Gasteiger partial charge is 0.273 e.